The molecule has 2 N–H and O–H groups in total. The second-order valence-electron chi connectivity index (χ2n) is 9.63. The molecule has 25 heavy (non-hydrogen) atoms. The van der Waals surface area contributed by atoms with Crippen LogP contribution in [0.1, 0.15) is 47.0 Å². The Morgan fingerprint density at radius 3 is 2.56 bits per heavy atom. The summed E-state index contributed by atoms with van der Waals surface area (Å²) in [5, 5.41) is 20.9. The first-order chi connectivity index (χ1) is 11.5. The summed E-state index contributed by atoms with van der Waals surface area (Å²) in [6.07, 6.45) is 10.3. The van der Waals surface area contributed by atoms with E-state index in [1.807, 2.05) is 0 Å². The minimum absolute atomic E-state index is 0.00828. The van der Waals surface area contributed by atoms with Gasteiger partial charge in [0.2, 0.25) is 8.32 Å². The fourth-order valence-corrected chi connectivity index (χ4v) is 5.49. The van der Waals surface area contributed by atoms with Crippen LogP contribution in [0.15, 0.2) is 35.6 Å². The summed E-state index contributed by atoms with van der Waals surface area (Å²) in [5.41, 5.74) is 1.04. The maximum atomic E-state index is 10.5. The highest BCUT2D eigenvalue weighted by Crippen LogP contribution is 2.55. The van der Waals surface area contributed by atoms with Crippen LogP contribution >= 0.6 is 0 Å². The fraction of sp³-hybridized carbons (Fsp3) is 0.714. The van der Waals surface area contributed by atoms with Crippen molar-refractivity contribution in [1.29, 1.82) is 0 Å². The maximum absolute atomic E-state index is 10.5. The predicted octanol–water partition coefficient (Wildman–Crippen LogP) is 4.55. The molecule has 1 saturated carbocycles. The van der Waals surface area contributed by atoms with Crippen molar-refractivity contribution in [3.8, 4) is 0 Å². The van der Waals surface area contributed by atoms with Crippen LogP contribution in [0.3, 0.4) is 0 Å². The van der Waals surface area contributed by atoms with Gasteiger partial charge in [0.15, 0.2) is 0 Å². The molecule has 0 spiro atoms. The molecule has 140 valence electrons. The highest BCUT2D eigenvalue weighted by molar-refractivity contribution is 6.74. The van der Waals surface area contributed by atoms with E-state index < -0.39 is 20.5 Å². The summed E-state index contributed by atoms with van der Waals surface area (Å²) in [6.45, 7) is 13.6. The zero-order valence-electron chi connectivity index (χ0n) is 16.5. The maximum Gasteiger partial charge on any atom is 0.250 e. The smallest absolute Gasteiger partial charge is 0.250 e. The van der Waals surface area contributed by atoms with Crippen LogP contribution in [0.4, 0.5) is 0 Å². The van der Waals surface area contributed by atoms with Crippen molar-refractivity contribution in [1.82, 2.24) is 0 Å². The highest BCUT2D eigenvalue weighted by Gasteiger charge is 2.51. The van der Waals surface area contributed by atoms with E-state index in [2.05, 4.69) is 65.1 Å². The first kappa shape index (κ1) is 18.9. The molecule has 0 radical (unpaired) electrons. The predicted molar refractivity (Wildman–Crippen MR) is 105 cm³/mol. The lowest BCUT2D eigenvalue weighted by atomic mass is 9.59. The van der Waals surface area contributed by atoms with Crippen molar-refractivity contribution in [2.75, 3.05) is 0 Å². The third kappa shape index (κ3) is 3.06. The van der Waals surface area contributed by atoms with Crippen molar-refractivity contribution in [2.24, 2.45) is 17.3 Å². The molecule has 0 aromatic rings. The van der Waals surface area contributed by atoms with Gasteiger partial charge in [-0.15, -0.1) is 0 Å². The molecule has 0 heterocycles. The lowest BCUT2D eigenvalue weighted by molar-refractivity contribution is 0.0714. The Balaban J connectivity index is 1.92. The van der Waals surface area contributed by atoms with Gasteiger partial charge in [0, 0.05) is 17.8 Å². The summed E-state index contributed by atoms with van der Waals surface area (Å²) in [6, 6.07) is 0. The Morgan fingerprint density at radius 1 is 1.28 bits per heavy atom. The van der Waals surface area contributed by atoms with E-state index in [0.717, 1.165) is 24.2 Å². The molecular weight excluding hydrogens is 328 g/mol. The fourth-order valence-electron chi connectivity index (χ4n) is 4.47. The Labute approximate surface area is 153 Å². The second kappa shape index (κ2) is 6.10. The third-order valence-electron chi connectivity index (χ3n) is 7.15. The number of aliphatic hydroxyl groups excluding tert-OH is 2. The van der Waals surface area contributed by atoms with E-state index in [1.165, 1.54) is 0 Å². The van der Waals surface area contributed by atoms with Crippen LogP contribution < -0.4 is 0 Å². The molecule has 0 aromatic carbocycles. The first-order valence-corrected chi connectivity index (χ1v) is 12.6. The molecule has 0 aliphatic heterocycles. The summed E-state index contributed by atoms with van der Waals surface area (Å²) in [4.78, 5) is 0. The summed E-state index contributed by atoms with van der Waals surface area (Å²) < 4.78 is 6.56. The molecular formula is C21H34O3Si. The van der Waals surface area contributed by atoms with Gasteiger partial charge in [0.05, 0.1) is 18.0 Å². The Morgan fingerprint density at radius 2 is 1.96 bits per heavy atom. The van der Waals surface area contributed by atoms with Crippen molar-refractivity contribution in [3.05, 3.63) is 35.6 Å². The Hall–Kier alpha value is -0.843. The monoisotopic (exact) mass is 362 g/mol. The van der Waals surface area contributed by atoms with Gasteiger partial charge in [-0.05, 0) is 54.6 Å². The van der Waals surface area contributed by atoms with Gasteiger partial charge >= 0.3 is 0 Å². The molecule has 1 fully saturated rings. The van der Waals surface area contributed by atoms with Gasteiger partial charge in [-0.2, -0.15) is 0 Å². The van der Waals surface area contributed by atoms with Crippen LogP contribution in [0.2, 0.25) is 18.1 Å². The van der Waals surface area contributed by atoms with Gasteiger partial charge in [-0.1, -0.05) is 39.8 Å². The number of aliphatic hydroxyl groups is 2. The number of fused-ring (bicyclic) bond motifs is 3. The van der Waals surface area contributed by atoms with E-state index in [-0.39, 0.29) is 22.3 Å². The lowest BCUT2D eigenvalue weighted by Crippen LogP contribution is -2.43. The SMILES string of the molecule is CC[C@]12C=C(O[Si](C)(C)C(C)(C)C)C=C[C@H]1[C@H]1C(=CC2)[C@@H](O)C[C@H]1O. The van der Waals surface area contributed by atoms with Gasteiger partial charge < -0.3 is 14.6 Å². The van der Waals surface area contributed by atoms with Crippen molar-refractivity contribution in [3.63, 3.8) is 0 Å². The number of hydrogen-bond donors (Lipinski definition) is 2. The standard InChI is InChI=1S/C21H34O3Si/c1-7-21-11-10-15-17(22)12-18(23)19(15)16(21)9-8-14(13-21)24-25(5,6)20(2,3)4/h8-10,13,16-19,22-23H,7,11-12H2,1-6H3/t16-,17-,18+,19+,21-/m0/s1. The van der Waals surface area contributed by atoms with Crippen LogP contribution in [-0.4, -0.2) is 30.7 Å². The largest absolute Gasteiger partial charge is 0.544 e. The number of rotatable bonds is 3. The van der Waals surface area contributed by atoms with Crippen molar-refractivity contribution >= 4 is 8.32 Å². The van der Waals surface area contributed by atoms with Gasteiger partial charge in [0.1, 0.15) is 0 Å². The Bertz CT molecular complexity index is 626. The van der Waals surface area contributed by atoms with E-state index in [9.17, 15) is 10.2 Å². The molecule has 0 aromatic heterocycles. The van der Waals surface area contributed by atoms with E-state index in [0.29, 0.717) is 6.42 Å². The molecule has 0 saturated heterocycles. The zero-order valence-corrected chi connectivity index (χ0v) is 17.5. The van der Waals surface area contributed by atoms with Crippen LogP contribution in [-0.2, 0) is 4.43 Å². The van der Waals surface area contributed by atoms with Gasteiger partial charge in [-0.3, -0.25) is 0 Å². The zero-order chi connectivity index (χ0) is 18.6. The second-order valence-corrected chi connectivity index (χ2v) is 14.4. The van der Waals surface area contributed by atoms with Gasteiger partial charge in [0.25, 0.3) is 0 Å². The normalized spacial score (nSPS) is 37.9. The molecule has 3 aliphatic carbocycles. The van der Waals surface area contributed by atoms with E-state index >= 15 is 0 Å². The topological polar surface area (TPSA) is 49.7 Å². The van der Waals surface area contributed by atoms with Crippen molar-refractivity contribution < 1.29 is 14.6 Å². The number of allylic oxidation sites excluding steroid dienone is 4. The average Bonchev–Trinajstić information content (AvgIpc) is 2.80. The van der Waals surface area contributed by atoms with Crippen molar-refractivity contribution in [2.45, 2.75) is 77.3 Å². The summed E-state index contributed by atoms with van der Waals surface area (Å²) in [5.74, 6) is 1.29. The molecule has 0 bridgehead atoms. The third-order valence-corrected chi connectivity index (χ3v) is 11.5. The highest BCUT2D eigenvalue weighted by atomic mass is 28.4. The molecule has 0 amide bonds. The quantitative estimate of drug-likeness (QED) is 0.572. The summed E-state index contributed by atoms with van der Waals surface area (Å²) in [7, 11) is -1.87. The minimum atomic E-state index is -1.87. The van der Waals surface area contributed by atoms with Gasteiger partial charge in [-0.25, -0.2) is 0 Å². The molecule has 3 nitrogen and oxygen atoms in total. The molecule has 4 heteroatoms. The first-order valence-electron chi connectivity index (χ1n) is 9.67. The minimum Gasteiger partial charge on any atom is -0.544 e. The van der Waals surface area contributed by atoms with E-state index in [1.54, 1.807) is 0 Å². The molecule has 3 rings (SSSR count). The van der Waals surface area contributed by atoms with Crippen LogP contribution in [0.25, 0.3) is 0 Å². The lowest BCUT2D eigenvalue weighted by Gasteiger charge is -2.47. The number of hydrogen-bond acceptors (Lipinski definition) is 3. The molecule has 5 atom stereocenters. The summed E-state index contributed by atoms with van der Waals surface area (Å²) >= 11 is 0. The van der Waals surface area contributed by atoms with E-state index in [4.69, 9.17) is 4.43 Å². The average molecular weight is 363 g/mol. The van der Waals surface area contributed by atoms with Crippen LogP contribution in [0.5, 0.6) is 0 Å². The molecule has 0 unspecified atom stereocenters. The van der Waals surface area contributed by atoms with Crippen LogP contribution in [0, 0.1) is 17.3 Å². The Kier molecular flexibility index (Phi) is 4.62. The molecule has 3 aliphatic rings.